The molecule has 3 nitrogen and oxygen atoms in total. The van der Waals surface area contributed by atoms with Gasteiger partial charge in [0.05, 0.1) is 6.04 Å². The minimum atomic E-state index is 0.0349. The molecular weight excluding hydrogens is 182 g/mol. The van der Waals surface area contributed by atoms with Crippen molar-refractivity contribution in [2.24, 2.45) is 5.73 Å². The van der Waals surface area contributed by atoms with Crippen LogP contribution >= 0.6 is 11.3 Å². The van der Waals surface area contributed by atoms with Crippen LogP contribution in [0, 0.1) is 0 Å². The molecule has 13 heavy (non-hydrogen) atoms. The first-order valence-electron chi connectivity index (χ1n) is 4.86. The molecule has 1 fully saturated rings. The molecule has 72 valence electrons. The highest BCUT2D eigenvalue weighted by Gasteiger charge is 2.21. The van der Waals surface area contributed by atoms with Gasteiger partial charge in [-0.1, -0.05) is 24.2 Å². The van der Waals surface area contributed by atoms with E-state index >= 15 is 0 Å². The molecule has 1 aliphatic carbocycles. The minimum Gasteiger partial charge on any atom is -0.322 e. The lowest BCUT2D eigenvalue weighted by Crippen LogP contribution is -2.03. The molecule has 1 saturated carbocycles. The largest absolute Gasteiger partial charge is 0.322 e. The third kappa shape index (κ3) is 1.89. The van der Waals surface area contributed by atoms with Gasteiger partial charge in [-0.2, -0.15) is 0 Å². The zero-order chi connectivity index (χ0) is 9.26. The van der Waals surface area contributed by atoms with Gasteiger partial charge in [-0.3, -0.25) is 0 Å². The summed E-state index contributed by atoms with van der Waals surface area (Å²) in [6.07, 6.45) is 5.26. The number of nitrogens with two attached hydrogens (primary N) is 1. The Hall–Kier alpha value is -0.480. The standard InChI is InChI=1S/C9H15N3S/c1-6(10)8-11-12-9(13-8)7-4-2-3-5-7/h6-7H,2-5,10H2,1H3/t6-/m0/s1. The maximum absolute atomic E-state index is 5.73. The fourth-order valence-corrected chi connectivity index (χ4v) is 2.73. The summed E-state index contributed by atoms with van der Waals surface area (Å²) in [5.41, 5.74) is 5.73. The molecule has 1 aromatic rings. The Morgan fingerprint density at radius 2 is 2.08 bits per heavy atom. The number of aromatic nitrogens is 2. The van der Waals surface area contributed by atoms with Gasteiger partial charge in [0.1, 0.15) is 10.0 Å². The Labute approximate surface area is 82.4 Å². The second-order valence-corrected chi connectivity index (χ2v) is 4.79. The van der Waals surface area contributed by atoms with Crippen LogP contribution in [0.4, 0.5) is 0 Å². The van der Waals surface area contributed by atoms with E-state index in [-0.39, 0.29) is 6.04 Å². The highest BCUT2D eigenvalue weighted by molar-refractivity contribution is 7.11. The summed E-state index contributed by atoms with van der Waals surface area (Å²) in [5.74, 6) is 0.671. The monoisotopic (exact) mass is 197 g/mol. The second-order valence-electron chi connectivity index (χ2n) is 3.75. The van der Waals surface area contributed by atoms with Crippen LogP contribution in [-0.4, -0.2) is 10.2 Å². The zero-order valence-corrected chi connectivity index (χ0v) is 8.68. The van der Waals surface area contributed by atoms with Crippen LogP contribution in [0.2, 0.25) is 0 Å². The van der Waals surface area contributed by atoms with Crippen LogP contribution in [0.25, 0.3) is 0 Å². The van der Waals surface area contributed by atoms with E-state index in [4.69, 9.17) is 5.73 Å². The average Bonchev–Trinajstić information content (AvgIpc) is 2.75. The molecule has 2 N–H and O–H groups in total. The van der Waals surface area contributed by atoms with Crippen molar-refractivity contribution < 1.29 is 0 Å². The van der Waals surface area contributed by atoms with Gasteiger partial charge in [0.25, 0.3) is 0 Å². The molecule has 1 heterocycles. The molecule has 1 aromatic heterocycles. The molecule has 0 saturated heterocycles. The molecule has 0 unspecified atom stereocenters. The summed E-state index contributed by atoms with van der Waals surface area (Å²) in [4.78, 5) is 0. The second kappa shape index (κ2) is 3.72. The van der Waals surface area contributed by atoms with Crippen molar-refractivity contribution in [1.82, 2.24) is 10.2 Å². The van der Waals surface area contributed by atoms with Crippen molar-refractivity contribution in [2.45, 2.75) is 44.6 Å². The third-order valence-electron chi connectivity index (χ3n) is 2.55. The predicted molar refractivity (Wildman–Crippen MR) is 53.7 cm³/mol. The molecule has 0 aliphatic heterocycles. The summed E-state index contributed by atoms with van der Waals surface area (Å²) in [5, 5.41) is 10.5. The third-order valence-corrected chi connectivity index (χ3v) is 3.84. The van der Waals surface area contributed by atoms with Crippen LogP contribution in [0.1, 0.15) is 54.6 Å². The summed E-state index contributed by atoms with van der Waals surface area (Å²) in [6.45, 7) is 1.96. The zero-order valence-electron chi connectivity index (χ0n) is 7.86. The van der Waals surface area contributed by atoms with Crippen molar-refractivity contribution in [3.8, 4) is 0 Å². The molecule has 0 amide bonds. The van der Waals surface area contributed by atoms with Crippen molar-refractivity contribution in [3.05, 3.63) is 10.0 Å². The lowest BCUT2D eigenvalue weighted by Gasteiger charge is -2.01. The van der Waals surface area contributed by atoms with Crippen LogP contribution in [-0.2, 0) is 0 Å². The van der Waals surface area contributed by atoms with E-state index in [1.807, 2.05) is 6.92 Å². The molecule has 4 heteroatoms. The summed E-state index contributed by atoms with van der Waals surface area (Å²) < 4.78 is 0. The molecule has 2 rings (SSSR count). The van der Waals surface area contributed by atoms with Gasteiger partial charge in [0.2, 0.25) is 0 Å². The number of rotatable bonds is 2. The molecular formula is C9H15N3S. The SMILES string of the molecule is C[C@H](N)c1nnc(C2CCCC2)s1. The average molecular weight is 197 g/mol. The maximum atomic E-state index is 5.73. The van der Waals surface area contributed by atoms with Gasteiger partial charge in [-0.05, 0) is 19.8 Å². The highest BCUT2D eigenvalue weighted by Crippen LogP contribution is 2.35. The van der Waals surface area contributed by atoms with Crippen LogP contribution in [0.3, 0.4) is 0 Å². The first kappa shape index (κ1) is 9.09. The Morgan fingerprint density at radius 1 is 1.38 bits per heavy atom. The first-order chi connectivity index (χ1) is 6.27. The maximum Gasteiger partial charge on any atom is 0.133 e. The first-order valence-corrected chi connectivity index (χ1v) is 5.68. The molecule has 0 radical (unpaired) electrons. The highest BCUT2D eigenvalue weighted by atomic mass is 32.1. The Bertz CT molecular complexity index is 276. The lowest BCUT2D eigenvalue weighted by molar-refractivity contribution is 0.699. The molecule has 0 bridgehead atoms. The van der Waals surface area contributed by atoms with E-state index in [1.54, 1.807) is 11.3 Å². The van der Waals surface area contributed by atoms with E-state index in [9.17, 15) is 0 Å². The van der Waals surface area contributed by atoms with Crippen molar-refractivity contribution in [2.75, 3.05) is 0 Å². The van der Waals surface area contributed by atoms with Crippen molar-refractivity contribution in [3.63, 3.8) is 0 Å². The van der Waals surface area contributed by atoms with Gasteiger partial charge in [0.15, 0.2) is 0 Å². The normalized spacial score (nSPS) is 20.8. The van der Waals surface area contributed by atoms with Crippen molar-refractivity contribution in [1.29, 1.82) is 0 Å². The Morgan fingerprint density at radius 3 is 2.62 bits per heavy atom. The van der Waals surface area contributed by atoms with Gasteiger partial charge in [0, 0.05) is 5.92 Å². The van der Waals surface area contributed by atoms with E-state index in [0.717, 1.165) is 5.01 Å². The topological polar surface area (TPSA) is 51.8 Å². The summed E-state index contributed by atoms with van der Waals surface area (Å²) in [6, 6.07) is 0.0349. The van der Waals surface area contributed by atoms with Gasteiger partial charge in [-0.25, -0.2) is 0 Å². The van der Waals surface area contributed by atoms with Gasteiger partial charge in [-0.15, -0.1) is 10.2 Å². The fourth-order valence-electron chi connectivity index (χ4n) is 1.77. The summed E-state index contributed by atoms with van der Waals surface area (Å²) >= 11 is 1.69. The Kier molecular flexibility index (Phi) is 2.60. The molecule has 1 atom stereocenters. The lowest BCUT2D eigenvalue weighted by atomic mass is 10.1. The summed E-state index contributed by atoms with van der Waals surface area (Å²) in [7, 11) is 0. The quantitative estimate of drug-likeness (QED) is 0.791. The van der Waals surface area contributed by atoms with E-state index in [0.29, 0.717) is 5.92 Å². The van der Waals surface area contributed by atoms with Crippen LogP contribution in [0.5, 0.6) is 0 Å². The van der Waals surface area contributed by atoms with Gasteiger partial charge >= 0.3 is 0 Å². The van der Waals surface area contributed by atoms with Crippen LogP contribution < -0.4 is 5.73 Å². The molecule has 0 aromatic carbocycles. The molecule has 0 spiro atoms. The van der Waals surface area contributed by atoms with Crippen LogP contribution in [0.15, 0.2) is 0 Å². The molecule has 1 aliphatic rings. The van der Waals surface area contributed by atoms with E-state index in [1.165, 1.54) is 30.7 Å². The number of nitrogens with zero attached hydrogens (tertiary/aromatic N) is 2. The fraction of sp³-hybridized carbons (Fsp3) is 0.778. The van der Waals surface area contributed by atoms with Gasteiger partial charge < -0.3 is 5.73 Å². The van der Waals surface area contributed by atoms with E-state index < -0.39 is 0 Å². The Balaban J connectivity index is 2.12. The number of hydrogen-bond donors (Lipinski definition) is 1. The predicted octanol–water partition coefficient (Wildman–Crippen LogP) is 2.22. The minimum absolute atomic E-state index is 0.0349. The smallest absolute Gasteiger partial charge is 0.133 e. The van der Waals surface area contributed by atoms with Crippen molar-refractivity contribution >= 4 is 11.3 Å². The number of hydrogen-bond acceptors (Lipinski definition) is 4. The van der Waals surface area contributed by atoms with E-state index in [2.05, 4.69) is 10.2 Å².